The first-order chi connectivity index (χ1) is 36.7. The van der Waals surface area contributed by atoms with Crippen molar-refractivity contribution in [3.8, 4) is 0 Å². The summed E-state index contributed by atoms with van der Waals surface area (Å²) in [6, 6.07) is 36.2. The number of allylic oxidation sites excluding steroid dienone is 17. The molecule has 0 radical (unpaired) electrons. The summed E-state index contributed by atoms with van der Waals surface area (Å²) in [4.78, 5) is 0. The lowest BCUT2D eigenvalue weighted by Crippen LogP contribution is -2.19. The Labute approximate surface area is 483 Å². The van der Waals surface area contributed by atoms with E-state index in [2.05, 4.69) is 325 Å². The van der Waals surface area contributed by atoms with E-state index in [9.17, 15) is 0 Å². The second-order valence-electron chi connectivity index (χ2n) is 24.0. The van der Waals surface area contributed by atoms with Crippen LogP contribution in [0.4, 0.5) is 0 Å². The third kappa shape index (κ3) is 36.4. The zero-order valence-electron chi connectivity index (χ0n) is 52.2. The summed E-state index contributed by atoms with van der Waals surface area (Å²) < 4.78 is 0. The lowest BCUT2D eigenvalue weighted by Gasteiger charge is -2.06. The molecule has 0 saturated heterocycles. The minimum absolute atomic E-state index is 0. The first-order valence-corrected chi connectivity index (χ1v) is 29.8. The topological polar surface area (TPSA) is 0 Å². The van der Waals surface area contributed by atoms with E-state index in [0.717, 1.165) is 48.9 Å². The molecule has 11 rings (SSSR count). The van der Waals surface area contributed by atoms with E-state index >= 15 is 0 Å². The molecule has 7 aliphatic carbocycles. The van der Waals surface area contributed by atoms with Crippen LogP contribution in [0.2, 0.25) is 0 Å². The zero-order chi connectivity index (χ0) is 57.4. The molecule has 1 atom stereocenters. The standard InChI is InChI=1S/C9H10.3C9H8.C9H12.2C8H12.4C4H10.CH4/c4*1-2-5-9-7-3-6-8(9)4-1;1-8(2)9-6-4-3-5-7-9;2*1-7(2)8-5-3-4-6-8;4*1-4(2)3;/h1-2,4-5H,3,6-7H2;1-2,4-7H,3H2;1-6H,7H2;1-8H;3-8H,1-2H3;3,5-7H,4H2,1-2H3;3-5,7H,6H2,1-2H3;4*4H,1-3H3;1H4. The second-order valence-corrected chi connectivity index (χ2v) is 24.0. The molecule has 0 aliphatic heterocycles. The largest absolute Gasteiger partial charge is 0.0805 e. The molecule has 0 fully saturated rings. The van der Waals surface area contributed by atoms with Gasteiger partial charge in [0.1, 0.15) is 0 Å². The number of fused-ring (bicyclic) bond motifs is 4. The van der Waals surface area contributed by atoms with Gasteiger partial charge in [0.05, 0.1) is 0 Å². The molecular weight excluding hydrogens is 937 g/mol. The Morgan fingerprint density at radius 1 is 0.385 bits per heavy atom. The smallest absolute Gasteiger partial charge is 0.0204 e. The molecule has 78 heavy (non-hydrogen) atoms. The van der Waals surface area contributed by atoms with Gasteiger partial charge in [0.2, 0.25) is 0 Å². The van der Waals surface area contributed by atoms with Crippen molar-refractivity contribution in [3.63, 3.8) is 0 Å². The van der Waals surface area contributed by atoms with E-state index in [1.807, 2.05) is 6.07 Å². The minimum Gasteiger partial charge on any atom is -0.0805 e. The van der Waals surface area contributed by atoms with Crippen LogP contribution in [-0.4, -0.2) is 0 Å². The van der Waals surface area contributed by atoms with Gasteiger partial charge in [0, 0.05) is 5.92 Å². The minimum atomic E-state index is 0. The van der Waals surface area contributed by atoms with E-state index < -0.39 is 0 Å². The van der Waals surface area contributed by atoms with Crippen molar-refractivity contribution in [2.45, 2.75) is 183 Å². The maximum atomic E-state index is 2.28. The molecule has 0 bridgehead atoms. The lowest BCUT2D eigenvalue weighted by atomic mass is 9.99. The zero-order valence-corrected chi connectivity index (χ0v) is 52.2. The van der Waals surface area contributed by atoms with Crippen molar-refractivity contribution < 1.29 is 0 Å². The number of hydrogen-bond donors (Lipinski definition) is 0. The Balaban J connectivity index is 0.000000848. The van der Waals surface area contributed by atoms with Crippen molar-refractivity contribution in [2.24, 2.45) is 41.4 Å². The summed E-state index contributed by atoms with van der Waals surface area (Å²) in [6.07, 6.45) is 45.6. The molecule has 0 saturated carbocycles. The molecule has 0 N–H and O–H groups in total. The Hall–Kier alpha value is -5.72. The number of aryl methyl sites for hydroxylation is 2. The molecule has 0 aromatic heterocycles. The van der Waals surface area contributed by atoms with Gasteiger partial charge in [-0.1, -0.05) is 344 Å². The Kier molecular flexibility index (Phi) is 40.9. The summed E-state index contributed by atoms with van der Waals surface area (Å²) in [5, 5.41) is 2.77. The summed E-state index contributed by atoms with van der Waals surface area (Å²) >= 11 is 0. The highest BCUT2D eigenvalue weighted by Gasteiger charge is 2.10. The highest BCUT2D eigenvalue weighted by molar-refractivity contribution is 5.59. The molecule has 7 aliphatic rings. The van der Waals surface area contributed by atoms with Crippen LogP contribution < -0.4 is 10.4 Å². The van der Waals surface area contributed by atoms with Gasteiger partial charge in [-0.25, -0.2) is 0 Å². The molecule has 0 spiro atoms. The van der Waals surface area contributed by atoms with Crippen molar-refractivity contribution in [2.75, 3.05) is 0 Å². The van der Waals surface area contributed by atoms with Crippen LogP contribution in [0.5, 0.6) is 0 Å². The Morgan fingerprint density at radius 2 is 0.885 bits per heavy atom. The molecule has 0 nitrogen and oxygen atoms in total. The van der Waals surface area contributed by atoms with E-state index in [1.54, 1.807) is 16.7 Å². The van der Waals surface area contributed by atoms with Gasteiger partial charge >= 0.3 is 0 Å². The molecule has 1 unspecified atom stereocenters. The van der Waals surface area contributed by atoms with Gasteiger partial charge in [0.15, 0.2) is 0 Å². The van der Waals surface area contributed by atoms with Gasteiger partial charge in [-0.05, 0) is 136 Å². The fourth-order valence-corrected chi connectivity index (χ4v) is 7.74. The van der Waals surface area contributed by atoms with Crippen LogP contribution in [0.25, 0.3) is 18.2 Å². The van der Waals surface area contributed by atoms with E-state index in [4.69, 9.17) is 0 Å². The van der Waals surface area contributed by atoms with Gasteiger partial charge in [-0.3, -0.25) is 0 Å². The fourth-order valence-electron chi connectivity index (χ4n) is 7.74. The van der Waals surface area contributed by atoms with Crippen molar-refractivity contribution in [1.29, 1.82) is 0 Å². The number of rotatable bonds is 3. The van der Waals surface area contributed by atoms with Crippen LogP contribution in [0.15, 0.2) is 205 Å². The van der Waals surface area contributed by atoms with Crippen molar-refractivity contribution >= 4 is 18.2 Å². The van der Waals surface area contributed by atoms with Crippen LogP contribution in [0, 0.1) is 41.4 Å². The van der Waals surface area contributed by atoms with Gasteiger partial charge < -0.3 is 0 Å². The van der Waals surface area contributed by atoms with Gasteiger partial charge in [-0.15, -0.1) is 0 Å². The van der Waals surface area contributed by atoms with E-state index in [-0.39, 0.29) is 7.43 Å². The average Bonchev–Trinajstić information content (AvgIpc) is 4.26. The van der Waals surface area contributed by atoms with Crippen molar-refractivity contribution in [3.05, 3.63) is 243 Å². The first kappa shape index (κ1) is 72.3. The van der Waals surface area contributed by atoms with Crippen LogP contribution in [0.1, 0.15) is 191 Å². The number of hydrogen-bond acceptors (Lipinski definition) is 0. The predicted molar refractivity (Wildman–Crippen MR) is 359 cm³/mol. The highest BCUT2D eigenvalue weighted by atomic mass is 14.1. The Bertz CT molecular complexity index is 2460. The molecule has 0 heteroatoms. The summed E-state index contributed by atoms with van der Waals surface area (Å²) in [6.45, 7) is 39.3. The molecular formula is C78H114. The predicted octanol–water partition coefficient (Wildman–Crippen LogP) is 22.5. The SMILES string of the molecule is C.C1=CC2=CC=CC2C=C1.C1=Cc2ccccc2C1.C1=c2ccccc2=CC1.CC(C)C.CC(C)C.CC(C)C.CC(C)C.CC(C)C1=CC=CC1.CC(C)C1=CCC=C1.CC(C)c1ccccc1.c1ccc2c(c1)CCC2. The molecule has 426 valence electrons. The van der Waals surface area contributed by atoms with Gasteiger partial charge in [0.25, 0.3) is 0 Å². The third-order valence-electron chi connectivity index (χ3n) is 11.6. The maximum absolute atomic E-state index is 2.28. The van der Waals surface area contributed by atoms with Gasteiger partial charge in [-0.2, -0.15) is 0 Å². The van der Waals surface area contributed by atoms with Crippen molar-refractivity contribution in [1.82, 2.24) is 0 Å². The van der Waals surface area contributed by atoms with E-state index in [0.29, 0.717) is 17.8 Å². The quantitative estimate of drug-likeness (QED) is 0.192. The van der Waals surface area contributed by atoms with Crippen LogP contribution in [-0.2, 0) is 19.3 Å². The average molecular weight is 1050 g/mol. The summed E-state index contributed by atoms with van der Waals surface area (Å²) in [5.74, 6) is 6.03. The van der Waals surface area contributed by atoms with Crippen LogP contribution >= 0.6 is 0 Å². The second kappa shape index (κ2) is 44.2. The molecule has 0 amide bonds. The maximum Gasteiger partial charge on any atom is 0.0204 e. The molecule has 0 heterocycles. The lowest BCUT2D eigenvalue weighted by molar-refractivity contribution is 0.736. The summed E-state index contributed by atoms with van der Waals surface area (Å²) in [7, 11) is 0. The summed E-state index contributed by atoms with van der Waals surface area (Å²) in [5.41, 5.74) is 11.9. The fraction of sp³-hybridized carbons (Fsp3) is 0.436. The molecule has 4 aromatic rings. The van der Waals surface area contributed by atoms with E-state index in [1.165, 1.54) is 64.0 Å². The highest BCUT2D eigenvalue weighted by Crippen LogP contribution is 2.25. The normalized spacial score (nSPS) is 14.9. The monoisotopic (exact) mass is 1050 g/mol. The Morgan fingerprint density at radius 3 is 1.29 bits per heavy atom. The first-order valence-electron chi connectivity index (χ1n) is 29.8. The molecule has 4 aromatic carbocycles. The van der Waals surface area contributed by atoms with Crippen LogP contribution in [0.3, 0.4) is 0 Å². The third-order valence-corrected chi connectivity index (χ3v) is 11.6. The number of benzene rings is 4.